The van der Waals surface area contributed by atoms with Crippen LogP contribution in [-0.4, -0.2) is 17.0 Å². The maximum atomic E-state index is 11.8. The summed E-state index contributed by atoms with van der Waals surface area (Å²) in [4.78, 5) is 22.8. The lowest BCUT2D eigenvalue weighted by Crippen LogP contribution is -2.09. The monoisotopic (exact) mass is 315 g/mol. The molecule has 4 nitrogen and oxygen atoms in total. The SMILES string of the molecule is Cc1ccc(/C=C/C(=O)Nc2ccc(Cl)c(C(=O)O)c2)cc1. The van der Waals surface area contributed by atoms with E-state index in [-0.39, 0.29) is 16.5 Å². The molecule has 0 aliphatic carbocycles. The predicted octanol–water partition coefficient (Wildman–Crippen LogP) is 4.00. The van der Waals surface area contributed by atoms with E-state index in [1.54, 1.807) is 12.1 Å². The van der Waals surface area contributed by atoms with Gasteiger partial charge in [-0.25, -0.2) is 4.79 Å². The van der Waals surface area contributed by atoms with Crippen molar-refractivity contribution in [1.82, 2.24) is 0 Å². The van der Waals surface area contributed by atoms with E-state index in [9.17, 15) is 9.59 Å². The van der Waals surface area contributed by atoms with Crippen LogP contribution in [0.15, 0.2) is 48.5 Å². The Hall–Kier alpha value is -2.59. The number of hydrogen-bond donors (Lipinski definition) is 2. The van der Waals surface area contributed by atoms with Crippen LogP contribution >= 0.6 is 11.6 Å². The number of benzene rings is 2. The summed E-state index contributed by atoms with van der Waals surface area (Å²) in [7, 11) is 0. The standard InChI is InChI=1S/C17H14ClNO3/c1-11-2-4-12(5-3-11)6-9-16(20)19-13-7-8-15(18)14(10-13)17(21)22/h2-10H,1H3,(H,19,20)(H,21,22)/b9-6+. The molecule has 2 aromatic rings. The van der Waals surface area contributed by atoms with E-state index in [4.69, 9.17) is 16.7 Å². The topological polar surface area (TPSA) is 66.4 Å². The molecule has 0 aliphatic rings. The molecule has 0 spiro atoms. The van der Waals surface area contributed by atoms with Crippen molar-refractivity contribution in [1.29, 1.82) is 0 Å². The van der Waals surface area contributed by atoms with Gasteiger partial charge in [0.05, 0.1) is 10.6 Å². The van der Waals surface area contributed by atoms with Crippen LogP contribution in [0, 0.1) is 6.92 Å². The molecule has 0 radical (unpaired) electrons. The van der Waals surface area contributed by atoms with E-state index in [0.29, 0.717) is 5.69 Å². The van der Waals surface area contributed by atoms with Crippen molar-refractivity contribution in [2.75, 3.05) is 5.32 Å². The predicted molar refractivity (Wildman–Crippen MR) is 87.3 cm³/mol. The number of carboxylic acids is 1. The summed E-state index contributed by atoms with van der Waals surface area (Å²) in [5, 5.41) is 11.7. The van der Waals surface area contributed by atoms with Crippen molar-refractivity contribution < 1.29 is 14.7 Å². The molecular formula is C17H14ClNO3. The summed E-state index contributed by atoms with van der Waals surface area (Å²) in [6, 6.07) is 12.0. The van der Waals surface area contributed by atoms with Crippen LogP contribution < -0.4 is 5.32 Å². The molecule has 2 aromatic carbocycles. The smallest absolute Gasteiger partial charge is 0.337 e. The first kappa shape index (κ1) is 15.8. The van der Waals surface area contributed by atoms with E-state index in [1.807, 2.05) is 31.2 Å². The molecule has 0 aliphatic heterocycles. The molecule has 0 bridgehead atoms. The Morgan fingerprint density at radius 3 is 2.45 bits per heavy atom. The van der Waals surface area contributed by atoms with Crippen molar-refractivity contribution in [2.24, 2.45) is 0 Å². The number of aryl methyl sites for hydroxylation is 1. The minimum absolute atomic E-state index is 0.0537. The second-order valence-electron chi connectivity index (χ2n) is 4.73. The molecule has 2 rings (SSSR count). The van der Waals surface area contributed by atoms with Crippen molar-refractivity contribution in [3.05, 3.63) is 70.3 Å². The van der Waals surface area contributed by atoms with Gasteiger partial charge in [-0.05, 0) is 36.8 Å². The molecular weight excluding hydrogens is 302 g/mol. The Labute approximate surface area is 133 Å². The third kappa shape index (κ3) is 4.20. The van der Waals surface area contributed by atoms with Crippen LogP contribution in [0.1, 0.15) is 21.5 Å². The molecule has 0 aromatic heterocycles. The average Bonchev–Trinajstić information content (AvgIpc) is 2.48. The van der Waals surface area contributed by atoms with Crippen LogP contribution in [0.25, 0.3) is 6.08 Å². The third-order valence-electron chi connectivity index (χ3n) is 2.97. The molecule has 0 saturated carbocycles. The van der Waals surface area contributed by atoms with Crippen molar-refractivity contribution in [3.63, 3.8) is 0 Å². The lowest BCUT2D eigenvalue weighted by atomic mass is 10.1. The quantitative estimate of drug-likeness (QED) is 0.838. The Morgan fingerprint density at radius 2 is 1.82 bits per heavy atom. The first-order valence-corrected chi connectivity index (χ1v) is 6.92. The van der Waals surface area contributed by atoms with Crippen molar-refractivity contribution in [3.8, 4) is 0 Å². The summed E-state index contributed by atoms with van der Waals surface area (Å²) in [6.45, 7) is 1.99. The van der Waals surface area contributed by atoms with Gasteiger partial charge in [0.15, 0.2) is 0 Å². The third-order valence-corrected chi connectivity index (χ3v) is 3.30. The second-order valence-corrected chi connectivity index (χ2v) is 5.14. The Bertz CT molecular complexity index is 736. The lowest BCUT2D eigenvalue weighted by molar-refractivity contribution is -0.111. The first-order valence-electron chi connectivity index (χ1n) is 6.54. The van der Waals surface area contributed by atoms with Crippen molar-refractivity contribution in [2.45, 2.75) is 6.92 Å². The van der Waals surface area contributed by atoms with Crippen LogP contribution in [0.3, 0.4) is 0 Å². The summed E-state index contributed by atoms with van der Waals surface area (Å²) in [5.74, 6) is -1.49. The average molecular weight is 316 g/mol. The van der Waals surface area contributed by atoms with Crippen LogP contribution in [0.5, 0.6) is 0 Å². The van der Waals surface area contributed by atoms with Gasteiger partial charge in [-0.3, -0.25) is 4.79 Å². The summed E-state index contributed by atoms with van der Waals surface area (Å²) in [5.41, 5.74) is 2.37. The molecule has 22 heavy (non-hydrogen) atoms. The number of rotatable bonds is 4. The van der Waals surface area contributed by atoms with Gasteiger partial charge in [0, 0.05) is 11.8 Å². The maximum Gasteiger partial charge on any atom is 0.337 e. The summed E-state index contributed by atoms with van der Waals surface area (Å²) < 4.78 is 0. The molecule has 1 amide bonds. The van der Waals surface area contributed by atoms with Gasteiger partial charge in [0.1, 0.15) is 0 Å². The van der Waals surface area contributed by atoms with E-state index < -0.39 is 5.97 Å². The first-order chi connectivity index (χ1) is 10.5. The lowest BCUT2D eigenvalue weighted by Gasteiger charge is -2.05. The molecule has 0 fully saturated rings. The maximum absolute atomic E-state index is 11.8. The number of aromatic carboxylic acids is 1. The highest BCUT2D eigenvalue weighted by Gasteiger charge is 2.10. The van der Waals surface area contributed by atoms with Gasteiger partial charge in [-0.15, -0.1) is 0 Å². The molecule has 2 N–H and O–H groups in total. The van der Waals surface area contributed by atoms with E-state index >= 15 is 0 Å². The van der Waals surface area contributed by atoms with E-state index in [2.05, 4.69) is 5.32 Å². The molecule has 0 heterocycles. The molecule has 112 valence electrons. The molecule has 0 atom stereocenters. The number of nitrogens with one attached hydrogen (secondary N) is 1. The fourth-order valence-electron chi connectivity index (χ4n) is 1.80. The number of carbonyl (C=O) groups is 2. The number of halogens is 1. The highest BCUT2D eigenvalue weighted by atomic mass is 35.5. The Kier molecular flexibility index (Phi) is 4.96. The molecule has 0 saturated heterocycles. The number of carbonyl (C=O) groups excluding carboxylic acids is 1. The number of carboxylic acid groups (broad SMARTS) is 1. The highest BCUT2D eigenvalue weighted by Crippen LogP contribution is 2.20. The van der Waals surface area contributed by atoms with Gasteiger partial charge in [0.25, 0.3) is 0 Å². The zero-order valence-corrected chi connectivity index (χ0v) is 12.6. The Balaban J connectivity index is 2.07. The van der Waals surface area contributed by atoms with Gasteiger partial charge in [-0.1, -0.05) is 41.4 Å². The Morgan fingerprint density at radius 1 is 1.14 bits per heavy atom. The van der Waals surface area contributed by atoms with Crippen molar-refractivity contribution >= 4 is 35.2 Å². The highest BCUT2D eigenvalue weighted by molar-refractivity contribution is 6.33. The fraction of sp³-hybridized carbons (Fsp3) is 0.0588. The number of hydrogen-bond acceptors (Lipinski definition) is 2. The van der Waals surface area contributed by atoms with Crippen LogP contribution in [-0.2, 0) is 4.79 Å². The minimum atomic E-state index is -1.14. The fourth-order valence-corrected chi connectivity index (χ4v) is 2.00. The van der Waals surface area contributed by atoms with Gasteiger partial charge in [-0.2, -0.15) is 0 Å². The van der Waals surface area contributed by atoms with Gasteiger partial charge < -0.3 is 10.4 Å². The molecule has 0 unspecified atom stereocenters. The van der Waals surface area contributed by atoms with E-state index in [0.717, 1.165) is 11.1 Å². The largest absolute Gasteiger partial charge is 0.478 e. The number of amides is 1. The van der Waals surface area contributed by atoms with Gasteiger partial charge in [0.2, 0.25) is 5.91 Å². The normalized spacial score (nSPS) is 10.6. The second kappa shape index (κ2) is 6.91. The van der Waals surface area contributed by atoms with E-state index in [1.165, 1.54) is 18.2 Å². The zero-order chi connectivity index (χ0) is 16.1. The minimum Gasteiger partial charge on any atom is -0.478 e. The van der Waals surface area contributed by atoms with Gasteiger partial charge >= 0.3 is 5.97 Å². The number of anilines is 1. The zero-order valence-electron chi connectivity index (χ0n) is 11.8. The van der Waals surface area contributed by atoms with Crippen LogP contribution in [0.4, 0.5) is 5.69 Å². The molecule has 5 heteroatoms. The van der Waals surface area contributed by atoms with Crippen LogP contribution in [0.2, 0.25) is 5.02 Å². The summed E-state index contributed by atoms with van der Waals surface area (Å²) in [6.07, 6.45) is 3.07. The summed E-state index contributed by atoms with van der Waals surface area (Å²) >= 11 is 5.77.